The molecular formula is C15H8O5PSW+. The van der Waals surface area contributed by atoms with Crippen molar-refractivity contribution in [3.63, 3.8) is 0 Å². The molecule has 8 heteroatoms. The Morgan fingerprint density at radius 3 is 1.70 bits per heavy atom. The molecule has 2 aromatic rings. The van der Waals surface area contributed by atoms with Crippen LogP contribution in [0, 0.1) is 33.3 Å². The fourth-order valence-corrected chi connectivity index (χ4v) is 4.56. The fraction of sp³-hybridized carbons (Fsp3) is 0. The second-order valence-corrected chi connectivity index (χ2v) is 5.39. The minimum absolute atomic E-state index is 0. The van der Waals surface area contributed by atoms with Gasteiger partial charge in [0.25, 0.3) is 0 Å². The van der Waals surface area contributed by atoms with Crippen LogP contribution in [-0.4, -0.2) is 0 Å². The maximum absolute atomic E-state index is 7.50. The summed E-state index contributed by atoms with van der Waals surface area (Å²) in [6.07, 6.45) is 0. The zero-order valence-corrected chi connectivity index (χ0v) is 16.3. The molecule has 0 aliphatic carbocycles. The molecule has 0 spiro atoms. The molecule has 1 aromatic heterocycles. The molecule has 0 fully saturated rings. The molecule has 0 amide bonds. The van der Waals surface area contributed by atoms with Crippen molar-refractivity contribution in [2.75, 3.05) is 0 Å². The van der Waals surface area contributed by atoms with Gasteiger partial charge >= 0.3 is 56.5 Å². The minimum atomic E-state index is 0. The van der Waals surface area contributed by atoms with Gasteiger partial charge in [-0.05, 0) is 23.6 Å². The second kappa shape index (κ2) is 23.0. The summed E-state index contributed by atoms with van der Waals surface area (Å²) in [6.45, 7) is 22.5. The summed E-state index contributed by atoms with van der Waals surface area (Å²) in [6, 6.07) is 11.0. The zero-order valence-electron chi connectivity index (χ0n) is 11.4. The summed E-state index contributed by atoms with van der Waals surface area (Å²) < 4.78 is 37.5. The van der Waals surface area contributed by atoms with Crippen LogP contribution >= 0.6 is 19.9 Å². The van der Waals surface area contributed by atoms with E-state index in [0.29, 0.717) is 8.58 Å². The molecule has 1 aromatic carbocycles. The van der Waals surface area contributed by atoms with Gasteiger partial charge in [-0.25, -0.2) is 0 Å². The summed E-state index contributed by atoms with van der Waals surface area (Å²) >= 11 is 1.88. The Morgan fingerprint density at radius 2 is 1.17 bits per heavy atom. The van der Waals surface area contributed by atoms with Crippen LogP contribution in [0.15, 0.2) is 35.7 Å². The van der Waals surface area contributed by atoms with Crippen molar-refractivity contribution in [2.24, 2.45) is 0 Å². The van der Waals surface area contributed by atoms with Gasteiger partial charge in [-0.2, -0.15) is 0 Å². The largest absolute Gasteiger partial charge is 0.139 e. The molecule has 0 saturated carbocycles. The molecule has 0 radical (unpaired) electrons. The van der Waals surface area contributed by atoms with E-state index in [4.69, 9.17) is 23.3 Å². The quantitative estimate of drug-likeness (QED) is 0.249. The molecule has 0 saturated heterocycles. The zero-order chi connectivity index (χ0) is 18.0. The molecule has 2 heterocycles. The molecule has 1 atom stereocenters. The van der Waals surface area contributed by atoms with E-state index in [1.165, 1.54) is 10.4 Å². The second-order valence-electron chi connectivity index (χ2n) is 2.94. The number of thiophene rings is 1. The van der Waals surface area contributed by atoms with E-state index in [2.05, 4.69) is 69.0 Å². The third-order valence-electron chi connectivity index (χ3n) is 2.21. The number of hydrogen-bond donors (Lipinski definition) is 0. The number of benzene rings is 1. The van der Waals surface area contributed by atoms with Gasteiger partial charge in [0.1, 0.15) is 10.6 Å². The maximum atomic E-state index is 7.50. The Morgan fingerprint density at radius 1 is 0.696 bits per heavy atom. The first-order valence-electron chi connectivity index (χ1n) is 4.99. The summed E-state index contributed by atoms with van der Waals surface area (Å²) in [7, 11) is 0.389. The predicted molar refractivity (Wildman–Crippen MR) is 78.4 cm³/mol. The van der Waals surface area contributed by atoms with Crippen molar-refractivity contribution in [1.29, 1.82) is 0 Å². The van der Waals surface area contributed by atoms with Gasteiger partial charge in [0.05, 0.1) is 13.5 Å². The first-order valence-corrected chi connectivity index (χ1v) is 7.02. The summed E-state index contributed by atoms with van der Waals surface area (Å²) in [5.74, 6) is 0. The van der Waals surface area contributed by atoms with Crippen molar-refractivity contribution in [3.8, 4) is 10.4 Å². The van der Waals surface area contributed by atoms with Gasteiger partial charge in [-0.15, -0.1) is 11.3 Å². The Bertz CT molecular complexity index is 608. The van der Waals surface area contributed by atoms with E-state index in [1.807, 2.05) is 11.3 Å². The fourth-order valence-electron chi connectivity index (χ4n) is 1.65. The van der Waals surface area contributed by atoms with Gasteiger partial charge in [0.15, 0.2) is 0 Å². The van der Waals surface area contributed by atoms with Gasteiger partial charge in [0, 0.05) is 26.6 Å². The Hall–Kier alpha value is -1.26. The van der Waals surface area contributed by atoms with Crippen LogP contribution in [0.3, 0.4) is 0 Å². The van der Waals surface area contributed by atoms with Gasteiger partial charge < -0.3 is 0 Å². The normalized spacial score (nSPS) is 8.09. The standard InChI is InChI=1S/C10H7PS.5CO.W/c1-2-4-8-7(3-1)10-9(11-8)5-6-12-10;5*1-2;/h1-6,11H;;;;;;/p+1. The molecule has 5 nitrogen and oxygen atoms in total. The molecule has 23 heavy (non-hydrogen) atoms. The molecule has 3 rings (SSSR count). The van der Waals surface area contributed by atoms with Crippen molar-refractivity contribution in [2.45, 2.75) is 0 Å². The van der Waals surface area contributed by atoms with E-state index < -0.39 is 0 Å². The molecule has 114 valence electrons. The third kappa shape index (κ3) is 9.46. The first-order chi connectivity index (χ1) is 10.9. The Balaban J connectivity index is -0.000000144. The van der Waals surface area contributed by atoms with Crippen LogP contribution in [0.1, 0.15) is 0 Å². The van der Waals surface area contributed by atoms with Crippen LogP contribution in [0.2, 0.25) is 0 Å². The van der Waals surface area contributed by atoms with Gasteiger partial charge in [0.2, 0.25) is 0 Å². The topological polar surface area (TPSA) is 99.5 Å². The van der Waals surface area contributed by atoms with Crippen LogP contribution in [0.25, 0.3) is 10.4 Å². The first kappa shape index (κ1) is 29.7. The number of rotatable bonds is 0. The summed E-state index contributed by atoms with van der Waals surface area (Å²) in [4.78, 5) is 1.51. The van der Waals surface area contributed by atoms with Crippen molar-refractivity contribution >= 4 is 30.5 Å². The molecule has 1 aliphatic rings. The van der Waals surface area contributed by atoms with Crippen LogP contribution < -0.4 is 10.6 Å². The SMILES string of the molecule is [C-]#[O+].[C-]#[O+].[C-]#[O+].[C-]#[O+].[C-]#[O+].[W].c1ccc2c(c1)[PH2+]c1ccsc1-2. The Labute approximate surface area is 154 Å². The summed E-state index contributed by atoms with van der Waals surface area (Å²) in [5.41, 5.74) is 1.48. The monoisotopic (exact) mass is 515 g/mol. The molecule has 1 aliphatic heterocycles. The van der Waals surface area contributed by atoms with Gasteiger partial charge in [-0.3, -0.25) is 0 Å². The van der Waals surface area contributed by atoms with E-state index >= 15 is 0 Å². The van der Waals surface area contributed by atoms with Crippen molar-refractivity contribution in [1.82, 2.24) is 0 Å². The minimum Gasteiger partial charge on any atom is -0.139 e. The smallest absolute Gasteiger partial charge is 0.113 e. The van der Waals surface area contributed by atoms with E-state index in [-0.39, 0.29) is 21.1 Å². The van der Waals surface area contributed by atoms with Crippen LogP contribution in [0.4, 0.5) is 0 Å². The van der Waals surface area contributed by atoms with Crippen LogP contribution in [0.5, 0.6) is 0 Å². The van der Waals surface area contributed by atoms with Crippen molar-refractivity contribution in [3.05, 3.63) is 69.0 Å². The average Bonchev–Trinajstić information content (AvgIpc) is 3.25. The third-order valence-corrected chi connectivity index (χ3v) is 4.99. The Kier molecular flexibility index (Phi) is 29.7. The number of fused-ring (bicyclic) bond motifs is 3. The van der Waals surface area contributed by atoms with E-state index in [0.717, 1.165) is 0 Å². The van der Waals surface area contributed by atoms with Crippen molar-refractivity contribution < 1.29 is 44.3 Å². The van der Waals surface area contributed by atoms with Gasteiger partial charge in [-0.1, -0.05) is 12.1 Å². The van der Waals surface area contributed by atoms with Crippen LogP contribution in [-0.2, 0) is 44.3 Å². The van der Waals surface area contributed by atoms with E-state index in [9.17, 15) is 0 Å². The predicted octanol–water partition coefficient (Wildman–Crippen LogP) is 1.90. The molecule has 0 N–H and O–H groups in total. The molecule has 1 unspecified atom stereocenters. The van der Waals surface area contributed by atoms with E-state index in [1.54, 1.807) is 10.6 Å². The molecule has 0 bridgehead atoms. The average molecular weight is 515 g/mol. The number of hydrogen-bond acceptors (Lipinski definition) is 1. The molecular weight excluding hydrogens is 507 g/mol. The maximum Gasteiger partial charge on any atom is 0.113 e. The summed E-state index contributed by atoms with van der Waals surface area (Å²) in [5, 5.41) is 5.36.